The van der Waals surface area contributed by atoms with Gasteiger partial charge in [-0.15, -0.1) is 0 Å². The Bertz CT molecular complexity index is 1120. The second kappa shape index (κ2) is 9.76. The molecule has 3 aromatic carbocycles. The molecule has 1 aromatic heterocycles. The van der Waals surface area contributed by atoms with E-state index < -0.39 is 0 Å². The molecule has 0 aliphatic carbocycles. The van der Waals surface area contributed by atoms with E-state index in [0.29, 0.717) is 24.6 Å². The highest BCUT2D eigenvalue weighted by molar-refractivity contribution is 5.74. The number of carbonyl (C=O) groups is 1. The van der Waals surface area contributed by atoms with E-state index in [4.69, 9.17) is 9.47 Å². The fourth-order valence-electron chi connectivity index (χ4n) is 3.28. The monoisotopic (exact) mass is 412 g/mol. The van der Waals surface area contributed by atoms with Crippen LogP contribution in [-0.2, 0) is 24.4 Å². The third-order valence-corrected chi connectivity index (χ3v) is 4.83. The summed E-state index contributed by atoms with van der Waals surface area (Å²) in [6.45, 7) is 2.62. The molecule has 0 spiro atoms. The van der Waals surface area contributed by atoms with Crippen LogP contribution in [-0.4, -0.2) is 15.7 Å². The first kappa shape index (κ1) is 20.4. The van der Waals surface area contributed by atoms with E-state index in [9.17, 15) is 4.79 Å². The molecule has 0 atom stereocenters. The summed E-state index contributed by atoms with van der Waals surface area (Å²) in [6, 6.07) is 27.9. The summed E-state index contributed by atoms with van der Waals surface area (Å²) in [5, 5.41) is 4.64. The zero-order chi connectivity index (χ0) is 21.5. The van der Waals surface area contributed by atoms with Gasteiger partial charge in [-0.3, -0.25) is 9.48 Å². The van der Waals surface area contributed by atoms with E-state index in [2.05, 4.69) is 17.2 Å². The van der Waals surface area contributed by atoms with Gasteiger partial charge < -0.3 is 9.47 Å². The van der Waals surface area contributed by atoms with Crippen molar-refractivity contribution in [2.45, 2.75) is 26.5 Å². The van der Waals surface area contributed by atoms with Crippen molar-refractivity contribution in [3.8, 4) is 22.8 Å². The van der Waals surface area contributed by atoms with Gasteiger partial charge in [0.2, 0.25) is 0 Å². The number of ether oxygens (including phenoxy) is 2. The Labute approximate surface area is 181 Å². The average Bonchev–Trinajstić information content (AvgIpc) is 3.20. The van der Waals surface area contributed by atoms with E-state index in [1.165, 1.54) is 12.5 Å². The van der Waals surface area contributed by atoms with Crippen LogP contribution < -0.4 is 9.47 Å². The second-order valence-electron chi connectivity index (χ2n) is 7.23. The normalized spacial score (nSPS) is 10.6. The zero-order valence-electron chi connectivity index (χ0n) is 17.4. The van der Waals surface area contributed by atoms with Gasteiger partial charge >= 0.3 is 5.97 Å². The third kappa shape index (κ3) is 5.60. The summed E-state index contributed by atoms with van der Waals surface area (Å²) in [5.74, 6) is 0.960. The van der Waals surface area contributed by atoms with E-state index in [0.717, 1.165) is 23.3 Å². The SMILES string of the molecule is CC(=O)Oc1cn(CCc2ccc(OCc3ccccc3)cc2)nc1-c1ccccc1. The topological polar surface area (TPSA) is 53.4 Å². The minimum absolute atomic E-state index is 0.358. The van der Waals surface area contributed by atoms with Gasteiger partial charge in [0, 0.05) is 19.0 Å². The number of aromatic nitrogens is 2. The largest absolute Gasteiger partial charge is 0.489 e. The van der Waals surface area contributed by atoms with Gasteiger partial charge in [0.25, 0.3) is 0 Å². The predicted octanol–water partition coefficient (Wildman–Crippen LogP) is 5.30. The Kier molecular flexibility index (Phi) is 6.43. The van der Waals surface area contributed by atoms with Crippen molar-refractivity contribution in [2.24, 2.45) is 0 Å². The molecular weight excluding hydrogens is 388 g/mol. The molecule has 0 bridgehead atoms. The highest BCUT2D eigenvalue weighted by atomic mass is 16.5. The summed E-state index contributed by atoms with van der Waals surface area (Å²) < 4.78 is 13.0. The van der Waals surface area contributed by atoms with Gasteiger partial charge in [0.1, 0.15) is 18.1 Å². The molecule has 0 saturated heterocycles. The van der Waals surface area contributed by atoms with Crippen LogP contribution in [0, 0.1) is 0 Å². The number of rotatable bonds is 8. The molecule has 0 aliphatic rings. The lowest BCUT2D eigenvalue weighted by Gasteiger charge is -2.07. The van der Waals surface area contributed by atoms with E-state index in [-0.39, 0.29) is 5.97 Å². The maximum absolute atomic E-state index is 11.5. The van der Waals surface area contributed by atoms with E-state index in [1.807, 2.05) is 77.5 Å². The van der Waals surface area contributed by atoms with E-state index >= 15 is 0 Å². The molecule has 0 aliphatic heterocycles. The van der Waals surface area contributed by atoms with Crippen LogP contribution in [0.4, 0.5) is 0 Å². The minimum Gasteiger partial charge on any atom is -0.489 e. The first-order valence-corrected chi connectivity index (χ1v) is 10.2. The Morgan fingerprint density at radius 3 is 2.23 bits per heavy atom. The van der Waals surface area contributed by atoms with Crippen LogP contribution in [0.5, 0.6) is 11.5 Å². The fraction of sp³-hybridized carbons (Fsp3) is 0.154. The molecule has 31 heavy (non-hydrogen) atoms. The summed E-state index contributed by atoms with van der Waals surface area (Å²) in [5.41, 5.74) is 3.90. The molecule has 0 saturated carbocycles. The number of carbonyl (C=O) groups excluding carboxylic acids is 1. The number of hydrogen-bond acceptors (Lipinski definition) is 4. The lowest BCUT2D eigenvalue weighted by Crippen LogP contribution is -2.02. The minimum atomic E-state index is -0.358. The molecule has 0 amide bonds. The molecule has 4 aromatic rings. The van der Waals surface area contributed by atoms with Crippen LogP contribution in [0.3, 0.4) is 0 Å². The smallest absolute Gasteiger partial charge is 0.308 e. The van der Waals surface area contributed by atoms with Crippen LogP contribution in [0.25, 0.3) is 11.3 Å². The predicted molar refractivity (Wildman–Crippen MR) is 120 cm³/mol. The van der Waals surface area contributed by atoms with E-state index in [1.54, 1.807) is 6.20 Å². The zero-order valence-corrected chi connectivity index (χ0v) is 17.4. The van der Waals surface area contributed by atoms with Gasteiger partial charge in [0.15, 0.2) is 5.75 Å². The van der Waals surface area contributed by atoms with Crippen molar-refractivity contribution in [3.05, 3.63) is 102 Å². The molecule has 5 heteroatoms. The lowest BCUT2D eigenvalue weighted by atomic mass is 10.1. The maximum atomic E-state index is 11.5. The number of benzene rings is 3. The third-order valence-electron chi connectivity index (χ3n) is 4.83. The number of nitrogens with zero attached hydrogens (tertiary/aromatic N) is 2. The molecule has 0 unspecified atom stereocenters. The van der Waals surface area contributed by atoms with Gasteiger partial charge in [0.05, 0.1) is 6.20 Å². The van der Waals surface area contributed by atoms with Crippen LogP contribution in [0.1, 0.15) is 18.1 Å². The van der Waals surface area contributed by atoms with Crippen molar-refractivity contribution >= 4 is 5.97 Å². The summed E-state index contributed by atoms with van der Waals surface area (Å²) >= 11 is 0. The number of aryl methyl sites for hydroxylation is 2. The summed E-state index contributed by atoms with van der Waals surface area (Å²) in [4.78, 5) is 11.5. The lowest BCUT2D eigenvalue weighted by molar-refractivity contribution is -0.131. The second-order valence-corrected chi connectivity index (χ2v) is 7.23. The quantitative estimate of drug-likeness (QED) is 0.369. The molecule has 5 nitrogen and oxygen atoms in total. The summed E-state index contributed by atoms with van der Waals surface area (Å²) in [6.07, 6.45) is 2.58. The van der Waals surface area contributed by atoms with Gasteiger partial charge in [-0.25, -0.2) is 0 Å². The Morgan fingerprint density at radius 1 is 0.871 bits per heavy atom. The van der Waals surface area contributed by atoms with Crippen LogP contribution in [0.15, 0.2) is 91.1 Å². The van der Waals surface area contributed by atoms with Crippen molar-refractivity contribution < 1.29 is 14.3 Å². The molecule has 156 valence electrons. The Balaban J connectivity index is 1.39. The molecule has 0 fully saturated rings. The standard InChI is InChI=1S/C26H24N2O3/c1-20(29)31-25-18-28(27-26(25)23-10-6-3-7-11-23)17-16-21-12-14-24(15-13-21)30-19-22-8-4-2-5-9-22/h2-15,18H,16-17,19H2,1H3. The van der Waals surface area contributed by atoms with Gasteiger partial charge in [-0.05, 0) is 29.7 Å². The van der Waals surface area contributed by atoms with Gasteiger partial charge in [-0.2, -0.15) is 5.10 Å². The number of hydrogen-bond donors (Lipinski definition) is 0. The molecule has 0 radical (unpaired) electrons. The highest BCUT2D eigenvalue weighted by Gasteiger charge is 2.14. The Hall–Kier alpha value is -3.86. The van der Waals surface area contributed by atoms with Crippen molar-refractivity contribution in [3.63, 3.8) is 0 Å². The van der Waals surface area contributed by atoms with Crippen molar-refractivity contribution in [1.82, 2.24) is 9.78 Å². The van der Waals surface area contributed by atoms with Crippen LogP contribution >= 0.6 is 0 Å². The summed E-state index contributed by atoms with van der Waals surface area (Å²) in [7, 11) is 0. The first-order valence-electron chi connectivity index (χ1n) is 10.2. The fourth-order valence-corrected chi connectivity index (χ4v) is 3.28. The van der Waals surface area contributed by atoms with Crippen LogP contribution in [0.2, 0.25) is 0 Å². The Morgan fingerprint density at radius 2 is 1.55 bits per heavy atom. The average molecular weight is 412 g/mol. The molecular formula is C26H24N2O3. The highest BCUT2D eigenvalue weighted by Crippen LogP contribution is 2.28. The first-order chi connectivity index (χ1) is 15.2. The molecule has 1 heterocycles. The van der Waals surface area contributed by atoms with Crippen molar-refractivity contribution in [2.75, 3.05) is 0 Å². The maximum Gasteiger partial charge on any atom is 0.308 e. The number of esters is 1. The molecule has 4 rings (SSSR count). The van der Waals surface area contributed by atoms with Crippen molar-refractivity contribution in [1.29, 1.82) is 0 Å². The van der Waals surface area contributed by atoms with Gasteiger partial charge in [-0.1, -0.05) is 72.8 Å². The molecule has 0 N–H and O–H groups in total.